The Hall–Kier alpha value is -0.880. The summed E-state index contributed by atoms with van der Waals surface area (Å²) in [4.78, 5) is 4.52. The van der Waals surface area contributed by atoms with Crippen LogP contribution in [-0.4, -0.2) is 41.2 Å². The standard InChI is InChI=1S/C13H20N2O3S/c16-9-11-2-1-5-15-12(11)8-14-13(15)10-3-6-19(17,18)7-4-10/h8,10-11,16H,1-7,9H2. The number of hydrogen-bond donors (Lipinski definition) is 1. The van der Waals surface area contributed by atoms with E-state index < -0.39 is 9.84 Å². The maximum atomic E-state index is 11.5. The van der Waals surface area contributed by atoms with Crippen molar-refractivity contribution in [3.63, 3.8) is 0 Å². The molecule has 0 radical (unpaired) electrons. The lowest BCUT2D eigenvalue weighted by Crippen LogP contribution is -2.26. The van der Waals surface area contributed by atoms with Crippen LogP contribution in [0.2, 0.25) is 0 Å². The lowest BCUT2D eigenvalue weighted by molar-refractivity contribution is 0.239. The molecule has 3 heterocycles. The van der Waals surface area contributed by atoms with Gasteiger partial charge in [0.1, 0.15) is 15.7 Å². The SMILES string of the molecule is O=S1(=O)CCC(c2ncc3n2CCCC3CO)CC1. The summed E-state index contributed by atoms with van der Waals surface area (Å²) in [5, 5.41) is 9.41. The van der Waals surface area contributed by atoms with Gasteiger partial charge in [0, 0.05) is 30.3 Å². The second-order valence-corrected chi connectivity index (χ2v) is 7.94. The fraction of sp³-hybridized carbons (Fsp3) is 0.769. The average molecular weight is 284 g/mol. The molecule has 0 amide bonds. The number of aliphatic hydroxyl groups is 1. The van der Waals surface area contributed by atoms with Crippen molar-refractivity contribution in [2.75, 3.05) is 18.1 Å². The molecule has 1 unspecified atom stereocenters. The molecule has 1 saturated heterocycles. The van der Waals surface area contributed by atoms with Gasteiger partial charge in [0.15, 0.2) is 0 Å². The van der Waals surface area contributed by atoms with Crippen molar-refractivity contribution in [3.8, 4) is 0 Å². The van der Waals surface area contributed by atoms with Crippen LogP contribution in [-0.2, 0) is 16.4 Å². The Morgan fingerprint density at radius 1 is 1.32 bits per heavy atom. The Kier molecular flexibility index (Phi) is 3.39. The van der Waals surface area contributed by atoms with Crippen molar-refractivity contribution in [2.45, 2.75) is 44.1 Å². The highest BCUT2D eigenvalue weighted by Crippen LogP contribution is 2.34. The lowest BCUT2D eigenvalue weighted by Gasteiger charge is -2.27. The van der Waals surface area contributed by atoms with Gasteiger partial charge in [0.2, 0.25) is 0 Å². The topological polar surface area (TPSA) is 72.2 Å². The second-order valence-electron chi connectivity index (χ2n) is 5.64. The summed E-state index contributed by atoms with van der Waals surface area (Å²) < 4.78 is 25.2. The zero-order chi connectivity index (χ0) is 13.5. The molecule has 0 bridgehead atoms. The van der Waals surface area contributed by atoms with E-state index in [0.29, 0.717) is 12.8 Å². The highest BCUT2D eigenvalue weighted by atomic mass is 32.2. The van der Waals surface area contributed by atoms with E-state index >= 15 is 0 Å². The van der Waals surface area contributed by atoms with E-state index in [1.807, 2.05) is 6.20 Å². The molecular formula is C13H20N2O3S. The number of imidazole rings is 1. The summed E-state index contributed by atoms with van der Waals surface area (Å²) in [6, 6.07) is 0. The van der Waals surface area contributed by atoms with Crippen LogP contribution in [0.25, 0.3) is 0 Å². The van der Waals surface area contributed by atoms with Gasteiger partial charge in [-0.05, 0) is 25.7 Å². The van der Waals surface area contributed by atoms with Crippen LogP contribution in [0.15, 0.2) is 6.20 Å². The average Bonchev–Trinajstić information content (AvgIpc) is 2.82. The Morgan fingerprint density at radius 3 is 2.74 bits per heavy atom. The number of aliphatic hydroxyl groups excluding tert-OH is 1. The third-order valence-electron chi connectivity index (χ3n) is 4.41. The third-order valence-corrected chi connectivity index (χ3v) is 6.13. The molecule has 19 heavy (non-hydrogen) atoms. The van der Waals surface area contributed by atoms with Gasteiger partial charge in [-0.1, -0.05) is 0 Å². The van der Waals surface area contributed by atoms with E-state index in [2.05, 4.69) is 9.55 Å². The molecule has 1 atom stereocenters. The second kappa shape index (κ2) is 4.90. The summed E-state index contributed by atoms with van der Waals surface area (Å²) >= 11 is 0. The van der Waals surface area contributed by atoms with Crippen LogP contribution in [0.5, 0.6) is 0 Å². The Balaban J connectivity index is 1.85. The van der Waals surface area contributed by atoms with Crippen LogP contribution in [0.3, 0.4) is 0 Å². The van der Waals surface area contributed by atoms with Gasteiger partial charge in [-0.3, -0.25) is 0 Å². The Labute approximate surface area is 113 Å². The predicted octanol–water partition coefficient (Wildman–Crippen LogP) is 1.04. The van der Waals surface area contributed by atoms with E-state index in [-0.39, 0.29) is 29.9 Å². The summed E-state index contributed by atoms with van der Waals surface area (Å²) in [5.74, 6) is 2.05. The van der Waals surface area contributed by atoms with Crippen molar-refractivity contribution in [2.24, 2.45) is 0 Å². The summed E-state index contributed by atoms with van der Waals surface area (Å²) in [5.41, 5.74) is 1.12. The van der Waals surface area contributed by atoms with Crippen molar-refractivity contribution in [3.05, 3.63) is 17.7 Å². The molecule has 106 valence electrons. The molecule has 0 saturated carbocycles. The first kappa shape index (κ1) is 13.1. The molecule has 2 aliphatic heterocycles. The van der Waals surface area contributed by atoms with E-state index in [1.54, 1.807) is 0 Å². The molecule has 0 aromatic carbocycles. The van der Waals surface area contributed by atoms with Crippen molar-refractivity contribution in [1.29, 1.82) is 0 Å². The molecule has 6 heteroatoms. The van der Waals surface area contributed by atoms with E-state index in [4.69, 9.17) is 0 Å². The monoisotopic (exact) mass is 284 g/mol. The molecular weight excluding hydrogens is 264 g/mol. The summed E-state index contributed by atoms with van der Waals surface area (Å²) in [6.07, 6.45) is 5.32. The number of nitrogens with zero attached hydrogens (tertiary/aromatic N) is 2. The minimum absolute atomic E-state index is 0.171. The molecule has 1 N–H and O–H groups in total. The van der Waals surface area contributed by atoms with Crippen LogP contribution in [0, 0.1) is 0 Å². The molecule has 1 fully saturated rings. The van der Waals surface area contributed by atoms with Gasteiger partial charge in [-0.15, -0.1) is 0 Å². The zero-order valence-corrected chi connectivity index (χ0v) is 11.8. The number of hydrogen-bond acceptors (Lipinski definition) is 4. The molecule has 0 aliphatic carbocycles. The maximum Gasteiger partial charge on any atom is 0.150 e. The molecule has 1 aromatic rings. The predicted molar refractivity (Wildman–Crippen MR) is 71.9 cm³/mol. The number of fused-ring (bicyclic) bond motifs is 1. The van der Waals surface area contributed by atoms with Crippen LogP contribution in [0.1, 0.15) is 49.0 Å². The van der Waals surface area contributed by atoms with E-state index in [9.17, 15) is 13.5 Å². The first-order chi connectivity index (χ1) is 9.11. The minimum atomic E-state index is -2.82. The first-order valence-electron chi connectivity index (χ1n) is 6.97. The molecule has 1 aromatic heterocycles. The number of sulfone groups is 1. The number of rotatable bonds is 2. The smallest absolute Gasteiger partial charge is 0.150 e. The van der Waals surface area contributed by atoms with Gasteiger partial charge >= 0.3 is 0 Å². The highest BCUT2D eigenvalue weighted by molar-refractivity contribution is 7.91. The molecule has 5 nitrogen and oxygen atoms in total. The quantitative estimate of drug-likeness (QED) is 0.881. The zero-order valence-electron chi connectivity index (χ0n) is 11.0. The number of aromatic nitrogens is 2. The summed E-state index contributed by atoms with van der Waals surface area (Å²) in [7, 11) is -2.82. The molecule has 0 spiro atoms. The first-order valence-corrected chi connectivity index (χ1v) is 8.79. The highest BCUT2D eigenvalue weighted by Gasteiger charge is 2.30. The fourth-order valence-corrected chi connectivity index (χ4v) is 4.77. The van der Waals surface area contributed by atoms with Crippen LogP contribution >= 0.6 is 0 Å². The Morgan fingerprint density at radius 2 is 2.05 bits per heavy atom. The van der Waals surface area contributed by atoms with E-state index in [0.717, 1.165) is 30.9 Å². The maximum absolute atomic E-state index is 11.5. The third kappa shape index (κ3) is 2.43. The van der Waals surface area contributed by atoms with Gasteiger partial charge in [-0.2, -0.15) is 0 Å². The summed E-state index contributed by atoms with van der Waals surface area (Å²) in [6.45, 7) is 1.12. The molecule has 3 rings (SSSR count). The Bertz CT molecular complexity index is 550. The van der Waals surface area contributed by atoms with Gasteiger partial charge in [0.05, 0.1) is 18.1 Å². The van der Waals surface area contributed by atoms with Gasteiger partial charge in [-0.25, -0.2) is 13.4 Å². The van der Waals surface area contributed by atoms with Crippen molar-refractivity contribution in [1.82, 2.24) is 9.55 Å². The van der Waals surface area contributed by atoms with E-state index in [1.165, 1.54) is 0 Å². The normalized spacial score (nSPS) is 27.1. The lowest BCUT2D eigenvalue weighted by atomic mass is 9.96. The van der Waals surface area contributed by atoms with Crippen LogP contribution < -0.4 is 0 Å². The van der Waals surface area contributed by atoms with Crippen molar-refractivity contribution < 1.29 is 13.5 Å². The molecule has 2 aliphatic rings. The van der Waals surface area contributed by atoms with Crippen LogP contribution in [0.4, 0.5) is 0 Å². The van der Waals surface area contributed by atoms with Gasteiger partial charge < -0.3 is 9.67 Å². The minimum Gasteiger partial charge on any atom is -0.396 e. The van der Waals surface area contributed by atoms with Crippen molar-refractivity contribution >= 4 is 9.84 Å². The largest absolute Gasteiger partial charge is 0.396 e. The fourth-order valence-electron chi connectivity index (χ4n) is 3.28. The van der Waals surface area contributed by atoms with Gasteiger partial charge in [0.25, 0.3) is 0 Å².